The Balaban J connectivity index is 1.67. The number of phenolic OH excluding ortho intramolecular Hbond substituents is 1. The smallest absolute Gasteiger partial charge is 0.246 e. The second-order valence-electron chi connectivity index (χ2n) is 6.96. The van der Waals surface area contributed by atoms with Crippen molar-refractivity contribution in [3.8, 4) is 22.6 Å². The van der Waals surface area contributed by atoms with Crippen LogP contribution in [0.15, 0.2) is 55.1 Å². The molecule has 0 spiro atoms. The van der Waals surface area contributed by atoms with Gasteiger partial charge in [-0.25, -0.2) is 0 Å². The van der Waals surface area contributed by atoms with Crippen LogP contribution in [-0.2, 0) is 16.0 Å². The number of aryl methyl sites for hydroxylation is 1. The van der Waals surface area contributed by atoms with Gasteiger partial charge in [-0.05, 0) is 29.7 Å². The van der Waals surface area contributed by atoms with Crippen molar-refractivity contribution in [2.75, 3.05) is 33.3 Å². The molecule has 2 aromatic carbocycles. The summed E-state index contributed by atoms with van der Waals surface area (Å²) < 4.78 is 5.42. The molecule has 0 aliphatic carbocycles. The largest absolute Gasteiger partial charge is 0.508 e. The molecule has 152 valence electrons. The van der Waals surface area contributed by atoms with Gasteiger partial charge in [0.1, 0.15) is 11.5 Å². The van der Waals surface area contributed by atoms with E-state index < -0.39 is 0 Å². The first-order valence-electron chi connectivity index (χ1n) is 9.68. The molecular weight excluding hydrogens is 368 g/mol. The van der Waals surface area contributed by atoms with Crippen molar-refractivity contribution in [2.45, 2.75) is 12.8 Å². The summed E-state index contributed by atoms with van der Waals surface area (Å²) in [6, 6.07) is 13.3. The summed E-state index contributed by atoms with van der Waals surface area (Å²) in [5.74, 6) is 0.628. The van der Waals surface area contributed by atoms with Crippen LogP contribution in [0.5, 0.6) is 11.5 Å². The minimum Gasteiger partial charge on any atom is -0.508 e. The Labute approximate surface area is 171 Å². The third-order valence-corrected chi connectivity index (χ3v) is 5.21. The van der Waals surface area contributed by atoms with E-state index in [2.05, 4.69) is 6.58 Å². The molecule has 2 amide bonds. The molecule has 1 N–H and O–H groups in total. The number of aromatic hydroxyl groups is 1. The van der Waals surface area contributed by atoms with Gasteiger partial charge >= 0.3 is 0 Å². The van der Waals surface area contributed by atoms with Gasteiger partial charge < -0.3 is 19.6 Å². The van der Waals surface area contributed by atoms with E-state index in [1.54, 1.807) is 23.0 Å². The minimum atomic E-state index is -0.103. The first kappa shape index (κ1) is 20.5. The predicted molar refractivity (Wildman–Crippen MR) is 112 cm³/mol. The highest BCUT2D eigenvalue weighted by Gasteiger charge is 2.23. The SMILES string of the molecule is C=CC(=O)N1CCN(C(=O)CCc2cc(-c3ccccc3)c(OC)cc2O)CC1. The van der Waals surface area contributed by atoms with Crippen LogP contribution in [0.4, 0.5) is 0 Å². The molecule has 1 aliphatic rings. The zero-order chi connectivity index (χ0) is 20.8. The number of carbonyl (C=O) groups is 2. The molecule has 0 aromatic heterocycles. The van der Waals surface area contributed by atoms with Crippen LogP contribution in [0.2, 0.25) is 0 Å². The van der Waals surface area contributed by atoms with Gasteiger partial charge in [-0.1, -0.05) is 36.9 Å². The summed E-state index contributed by atoms with van der Waals surface area (Å²) in [5, 5.41) is 10.4. The molecule has 6 heteroatoms. The number of hydrogen-bond donors (Lipinski definition) is 1. The highest BCUT2D eigenvalue weighted by Crippen LogP contribution is 2.36. The van der Waals surface area contributed by atoms with Crippen molar-refractivity contribution >= 4 is 11.8 Å². The number of piperazine rings is 1. The van der Waals surface area contributed by atoms with Crippen molar-refractivity contribution < 1.29 is 19.4 Å². The Morgan fingerprint density at radius 1 is 1.10 bits per heavy atom. The lowest BCUT2D eigenvalue weighted by molar-refractivity contribution is -0.137. The molecule has 0 unspecified atom stereocenters. The normalized spacial score (nSPS) is 13.8. The Bertz CT molecular complexity index is 887. The molecule has 29 heavy (non-hydrogen) atoms. The molecule has 1 saturated heterocycles. The van der Waals surface area contributed by atoms with Crippen LogP contribution in [0.25, 0.3) is 11.1 Å². The lowest BCUT2D eigenvalue weighted by Crippen LogP contribution is -2.50. The summed E-state index contributed by atoms with van der Waals surface area (Å²) in [7, 11) is 1.57. The number of hydrogen-bond acceptors (Lipinski definition) is 4. The number of amides is 2. The Morgan fingerprint density at radius 3 is 2.38 bits per heavy atom. The number of benzene rings is 2. The van der Waals surface area contributed by atoms with Gasteiger partial charge in [-0.3, -0.25) is 9.59 Å². The number of rotatable bonds is 6. The van der Waals surface area contributed by atoms with E-state index in [1.165, 1.54) is 6.08 Å². The fraction of sp³-hybridized carbons (Fsp3) is 0.304. The maximum atomic E-state index is 12.6. The zero-order valence-corrected chi connectivity index (χ0v) is 16.6. The molecular formula is C23H26N2O4. The van der Waals surface area contributed by atoms with Crippen molar-refractivity contribution in [1.82, 2.24) is 9.80 Å². The van der Waals surface area contributed by atoms with Crippen molar-refractivity contribution in [3.05, 3.63) is 60.7 Å². The number of phenols is 1. The maximum Gasteiger partial charge on any atom is 0.246 e. The van der Waals surface area contributed by atoms with Crippen LogP contribution in [0, 0.1) is 0 Å². The van der Waals surface area contributed by atoms with E-state index in [0.717, 1.165) is 11.1 Å². The van der Waals surface area contributed by atoms with E-state index in [1.807, 2.05) is 36.4 Å². The lowest BCUT2D eigenvalue weighted by atomic mass is 9.98. The third-order valence-electron chi connectivity index (χ3n) is 5.21. The van der Waals surface area contributed by atoms with Crippen LogP contribution in [0.3, 0.4) is 0 Å². The van der Waals surface area contributed by atoms with E-state index in [9.17, 15) is 14.7 Å². The van der Waals surface area contributed by atoms with Crippen LogP contribution < -0.4 is 4.74 Å². The first-order valence-corrected chi connectivity index (χ1v) is 9.68. The molecule has 0 atom stereocenters. The first-order chi connectivity index (χ1) is 14.0. The Morgan fingerprint density at radius 2 is 1.76 bits per heavy atom. The fourth-order valence-corrected chi connectivity index (χ4v) is 3.53. The van der Waals surface area contributed by atoms with Gasteiger partial charge in [0, 0.05) is 44.2 Å². The maximum absolute atomic E-state index is 12.6. The van der Waals surface area contributed by atoms with Gasteiger partial charge in [0.25, 0.3) is 0 Å². The predicted octanol–water partition coefficient (Wildman–Crippen LogP) is 2.86. The highest BCUT2D eigenvalue weighted by atomic mass is 16.5. The summed E-state index contributed by atoms with van der Waals surface area (Å²) in [5.41, 5.74) is 2.57. The minimum absolute atomic E-state index is 0.0205. The van der Waals surface area contributed by atoms with Gasteiger partial charge in [0.15, 0.2) is 0 Å². The monoisotopic (exact) mass is 394 g/mol. The molecule has 1 heterocycles. The molecule has 3 rings (SSSR count). The number of ether oxygens (including phenoxy) is 1. The zero-order valence-electron chi connectivity index (χ0n) is 16.6. The highest BCUT2D eigenvalue weighted by molar-refractivity contribution is 5.87. The van der Waals surface area contributed by atoms with Gasteiger partial charge in [-0.2, -0.15) is 0 Å². The van der Waals surface area contributed by atoms with Crippen molar-refractivity contribution in [1.29, 1.82) is 0 Å². The van der Waals surface area contributed by atoms with E-state index >= 15 is 0 Å². The summed E-state index contributed by atoms with van der Waals surface area (Å²) in [6.07, 6.45) is 2.03. The average molecular weight is 394 g/mol. The summed E-state index contributed by atoms with van der Waals surface area (Å²) >= 11 is 0. The molecule has 6 nitrogen and oxygen atoms in total. The molecule has 0 saturated carbocycles. The molecule has 1 aliphatic heterocycles. The number of carbonyl (C=O) groups excluding carboxylic acids is 2. The molecule has 1 fully saturated rings. The van der Waals surface area contributed by atoms with E-state index in [0.29, 0.717) is 50.3 Å². The fourth-order valence-electron chi connectivity index (χ4n) is 3.53. The lowest BCUT2D eigenvalue weighted by Gasteiger charge is -2.34. The van der Waals surface area contributed by atoms with Gasteiger partial charge in [0.2, 0.25) is 11.8 Å². The standard InChI is InChI=1S/C23H26N2O4/c1-3-22(27)24-11-13-25(14-12-24)23(28)10-9-18-15-19(17-7-5-4-6-8-17)21(29-2)16-20(18)26/h3-8,15-16,26H,1,9-14H2,2H3. The average Bonchev–Trinajstić information content (AvgIpc) is 2.77. The summed E-state index contributed by atoms with van der Waals surface area (Å²) in [4.78, 5) is 27.7. The quantitative estimate of drug-likeness (QED) is 0.765. The number of methoxy groups -OCH3 is 1. The van der Waals surface area contributed by atoms with Crippen LogP contribution in [-0.4, -0.2) is 60.0 Å². The Hall–Kier alpha value is -3.28. The Kier molecular flexibility index (Phi) is 6.54. The number of nitrogens with zero attached hydrogens (tertiary/aromatic N) is 2. The second kappa shape index (κ2) is 9.28. The third kappa shape index (κ3) is 4.77. The molecule has 2 aromatic rings. The molecule has 0 radical (unpaired) electrons. The van der Waals surface area contributed by atoms with Crippen molar-refractivity contribution in [3.63, 3.8) is 0 Å². The van der Waals surface area contributed by atoms with E-state index in [-0.39, 0.29) is 17.6 Å². The van der Waals surface area contributed by atoms with E-state index in [4.69, 9.17) is 4.74 Å². The van der Waals surface area contributed by atoms with Crippen LogP contribution >= 0.6 is 0 Å². The van der Waals surface area contributed by atoms with Gasteiger partial charge in [0.05, 0.1) is 7.11 Å². The molecule has 0 bridgehead atoms. The summed E-state index contributed by atoms with van der Waals surface area (Å²) in [6.45, 7) is 5.56. The van der Waals surface area contributed by atoms with Crippen molar-refractivity contribution in [2.24, 2.45) is 0 Å². The topological polar surface area (TPSA) is 70.1 Å². The van der Waals surface area contributed by atoms with Crippen LogP contribution in [0.1, 0.15) is 12.0 Å². The van der Waals surface area contributed by atoms with Gasteiger partial charge in [-0.15, -0.1) is 0 Å². The second-order valence-corrected chi connectivity index (χ2v) is 6.96.